The van der Waals surface area contributed by atoms with Crippen LogP contribution in [0.15, 0.2) is 42.7 Å². The summed E-state index contributed by atoms with van der Waals surface area (Å²) in [6.07, 6.45) is 3.43. The molecule has 1 aromatic heterocycles. The Labute approximate surface area is 115 Å². The molecule has 0 bridgehead atoms. The summed E-state index contributed by atoms with van der Waals surface area (Å²) < 4.78 is 13.5. The molecule has 0 N–H and O–H groups in total. The van der Waals surface area contributed by atoms with Crippen molar-refractivity contribution in [2.24, 2.45) is 0 Å². The molecule has 2 rings (SSSR count). The summed E-state index contributed by atoms with van der Waals surface area (Å²) in [6, 6.07) is 7.80. The first kappa shape index (κ1) is 14.1. The number of aromatic nitrogens is 1. The molecule has 0 unspecified atom stereocenters. The first-order chi connectivity index (χ1) is 9.56. The molecule has 0 fully saturated rings. The van der Waals surface area contributed by atoms with Gasteiger partial charge >= 0.3 is 5.69 Å². The minimum atomic E-state index is -0.801. The summed E-state index contributed by atoms with van der Waals surface area (Å²) in [7, 11) is 1.90. The van der Waals surface area contributed by atoms with Crippen molar-refractivity contribution in [1.82, 2.24) is 9.88 Å². The predicted molar refractivity (Wildman–Crippen MR) is 72.5 cm³/mol. The molecule has 1 heterocycles. The topological polar surface area (TPSA) is 59.3 Å². The average Bonchev–Trinajstić information content (AvgIpc) is 2.39. The number of benzene rings is 1. The Morgan fingerprint density at radius 1 is 1.20 bits per heavy atom. The number of rotatable bonds is 5. The molecular weight excluding hydrogens is 261 g/mol. The Morgan fingerprint density at radius 3 is 2.45 bits per heavy atom. The second-order valence-electron chi connectivity index (χ2n) is 4.57. The lowest BCUT2D eigenvalue weighted by Gasteiger charge is -2.16. The third-order valence-corrected chi connectivity index (χ3v) is 2.86. The standard InChI is InChI=1S/C14H14FN3O2/c1-17(9-11-4-6-16-7-5-11)10-12-2-3-14(18(19)20)13(15)8-12/h2-8H,9-10H2,1H3. The molecule has 0 saturated carbocycles. The van der Waals surface area contributed by atoms with Gasteiger partial charge in [0.15, 0.2) is 0 Å². The fourth-order valence-electron chi connectivity index (χ4n) is 1.96. The van der Waals surface area contributed by atoms with Crippen LogP contribution in [-0.2, 0) is 13.1 Å². The smallest absolute Gasteiger partial charge is 0.298 e. The van der Waals surface area contributed by atoms with Crippen molar-refractivity contribution < 1.29 is 9.31 Å². The lowest BCUT2D eigenvalue weighted by molar-refractivity contribution is -0.387. The van der Waals surface area contributed by atoms with Gasteiger partial charge in [-0.15, -0.1) is 0 Å². The second-order valence-corrected chi connectivity index (χ2v) is 4.57. The van der Waals surface area contributed by atoms with Crippen LogP contribution in [-0.4, -0.2) is 21.9 Å². The van der Waals surface area contributed by atoms with E-state index < -0.39 is 16.4 Å². The highest BCUT2D eigenvalue weighted by molar-refractivity contribution is 5.35. The Hall–Kier alpha value is -2.34. The summed E-state index contributed by atoms with van der Waals surface area (Å²) in [5, 5.41) is 10.5. The van der Waals surface area contributed by atoms with Gasteiger partial charge in [-0.1, -0.05) is 6.07 Å². The quantitative estimate of drug-likeness (QED) is 0.622. The van der Waals surface area contributed by atoms with E-state index in [1.807, 2.05) is 24.1 Å². The summed E-state index contributed by atoms with van der Waals surface area (Å²) >= 11 is 0. The molecule has 0 aliphatic carbocycles. The monoisotopic (exact) mass is 275 g/mol. The zero-order valence-corrected chi connectivity index (χ0v) is 11.0. The molecule has 5 nitrogen and oxygen atoms in total. The van der Waals surface area contributed by atoms with Gasteiger partial charge in [0, 0.05) is 31.5 Å². The van der Waals surface area contributed by atoms with Crippen LogP contribution in [0.25, 0.3) is 0 Å². The van der Waals surface area contributed by atoms with E-state index in [9.17, 15) is 14.5 Å². The first-order valence-corrected chi connectivity index (χ1v) is 6.06. The number of pyridine rings is 1. The largest absolute Gasteiger partial charge is 0.304 e. The maximum atomic E-state index is 13.5. The summed E-state index contributed by atoms with van der Waals surface area (Å²) in [5.74, 6) is -0.801. The van der Waals surface area contributed by atoms with Crippen molar-refractivity contribution in [2.75, 3.05) is 7.05 Å². The van der Waals surface area contributed by atoms with Gasteiger partial charge in [0.25, 0.3) is 0 Å². The summed E-state index contributed by atoms with van der Waals surface area (Å²) in [6.45, 7) is 1.21. The molecule has 6 heteroatoms. The van der Waals surface area contributed by atoms with Gasteiger partial charge in [0.05, 0.1) is 4.92 Å². The minimum absolute atomic E-state index is 0.495. The molecule has 0 saturated heterocycles. The van der Waals surface area contributed by atoms with E-state index >= 15 is 0 Å². The summed E-state index contributed by atoms with van der Waals surface area (Å²) in [4.78, 5) is 15.8. The average molecular weight is 275 g/mol. The van der Waals surface area contributed by atoms with Crippen molar-refractivity contribution in [3.8, 4) is 0 Å². The van der Waals surface area contributed by atoms with Gasteiger partial charge in [0.2, 0.25) is 5.82 Å². The molecule has 0 atom stereocenters. The highest BCUT2D eigenvalue weighted by Gasteiger charge is 2.14. The summed E-state index contributed by atoms with van der Waals surface area (Å²) in [5.41, 5.74) is 1.31. The molecule has 0 aliphatic heterocycles. The molecule has 104 valence electrons. The van der Waals surface area contributed by atoms with Crippen LogP contribution in [0.2, 0.25) is 0 Å². The van der Waals surface area contributed by atoms with E-state index in [2.05, 4.69) is 4.98 Å². The number of nitrogens with zero attached hydrogens (tertiary/aromatic N) is 3. The highest BCUT2D eigenvalue weighted by Crippen LogP contribution is 2.19. The van der Waals surface area contributed by atoms with Crippen molar-refractivity contribution in [3.63, 3.8) is 0 Å². The van der Waals surface area contributed by atoms with E-state index in [1.54, 1.807) is 18.5 Å². The van der Waals surface area contributed by atoms with Gasteiger partial charge in [-0.3, -0.25) is 20.0 Å². The van der Waals surface area contributed by atoms with E-state index in [0.29, 0.717) is 18.7 Å². The van der Waals surface area contributed by atoms with Gasteiger partial charge in [-0.25, -0.2) is 0 Å². The first-order valence-electron chi connectivity index (χ1n) is 6.06. The van der Waals surface area contributed by atoms with Crippen molar-refractivity contribution >= 4 is 5.69 Å². The van der Waals surface area contributed by atoms with Crippen LogP contribution in [0.3, 0.4) is 0 Å². The molecule has 0 radical (unpaired) electrons. The normalized spacial score (nSPS) is 10.8. The Bertz CT molecular complexity index is 605. The van der Waals surface area contributed by atoms with E-state index in [0.717, 1.165) is 5.56 Å². The molecule has 0 amide bonds. The Balaban J connectivity index is 2.03. The third-order valence-electron chi connectivity index (χ3n) is 2.86. The van der Waals surface area contributed by atoms with Gasteiger partial charge in [0.1, 0.15) is 0 Å². The molecule has 1 aromatic carbocycles. The lowest BCUT2D eigenvalue weighted by atomic mass is 10.1. The SMILES string of the molecule is CN(Cc1ccncc1)Cc1ccc([N+](=O)[O-])c(F)c1. The van der Waals surface area contributed by atoms with Crippen LogP contribution < -0.4 is 0 Å². The van der Waals surface area contributed by atoms with E-state index in [1.165, 1.54) is 12.1 Å². The number of hydrogen-bond acceptors (Lipinski definition) is 4. The third kappa shape index (κ3) is 3.58. The zero-order valence-electron chi connectivity index (χ0n) is 11.0. The predicted octanol–water partition coefficient (Wildman–Crippen LogP) is 2.76. The number of hydrogen-bond donors (Lipinski definition) is 0. The lowest BCUT2D eigenvalue weighted by Crippen LogP contribution is -2.17. The number of halogens is 1. The maximum absolute atomic E-state index is 13.5. The van der Waals surface area contributed by atoms with Crippen molar-refractivity contribution in [1.29, 1.82) is 0 Å². The Morgan fingerprint density at radius 2 is 1.85 bits per heavy atom. The van der Waals surface area contributed by atoms with Gasteiger partial charge in [-0.2, -0.15) is 4.39 Å². The fourth-order valence-corrected chi connectivity index (χ4v) is 1.96. The number of nitro benzene ring substituents is 1. The number of nitro groups is 1. The van der Waals surface area contributed by atoms with Crippen LogP contribution in [0, 0.1) is 15.9 Å². The van der Waals surface area contributed by atoms with Gasteiger partial charge < -0.3 is 0 Å². The second kappa shape index (κ2) is 6.21. The van der Waals surface area contributed by atoms with E-state index in [-0.39, 0.29) is 0 Å². The highest BCUT2D eigenvalue weighted by atomic mass is 19.1. The van der Waals surface area contributed by atoms with Crippen LogP contribution in [0.4, 0.5) is 10.1 Å². The molecule has 20 heavy (non-hydrogen) atoms. The molecule has 0 spiro atoms. The minimum Gasteiger partial charge on any atom is -0.298 e. The van der Waals surface area contributed by atoms with Gasteiger partial charge in [-0.05, 0) is 36.4 Å². The molecule has 2 aromatic rings. The van der Waals surface area contributed by atoms with E-state index in [4.69, 9.17) is 0 Å². The Kier molecular flexibility index (Phi) is 4.37. The molecule has 0 aliphatic rings. The van der Waals surface area contributed by atoms with Crippen molar-refractivity contribution in [2.45, 2.75) is 13.1 Å². The van der Waals surface area contributed by atoms with Crippen LogP contribution in [0.1, 0.15) is 11.1 Å². The maximum Gasteiger partial charge on any atom is 0.304 e. The molecular formula is C14H14FN3O2. The van der Waals surface area contributed by atoms with Crippen LogP contribution in [0.5, 0.6) is 0 Å². The fraction of sp³-hybridized carbons (Fsp3) is 0.214. The van der Waals surface area contributed by atoms with Crippen LogP contribution >= 0.6 is 0 Å². The van der Waals surface area contributed by atoms with Crippen molar-refractivity contribution in [3.05, 3.63) is 69.8 Å². The zero-order chi connectivity index (χ0) is 14.5.